The minimum absolute atomic E-state index is 0.105. The minimum Gasteiger partial charge on any atom is -0.322 e. The molecule has 0 unspecified atom stereocenters. The number of pyridine rings is 1. The van der Waals surface area contributed by atoms with E-state index >= 15 is 0 Å². The Bertz CT molecular complexity index is 810. The first-order chi connectivity index (χ1) is 10.6. The third kappa shape index (κ3) is 2.84. The fourth-order valence-electron chi connectivity index (χ4n) is 2.40. The van der Waals surface area contributed by atoms with Crippen LogP contribution in [-0.4, -0.2) is 10.9 Å². The van der Waals surface area contributed by atoms with Crippen LogP contribution < -0.4 is 5.32 Å². The molecule has 3 aromatic rings. The summed E-state index contributed by atoms with van der Waals surface area (Å²) in [7, 11) is 0. The van der Waals surface area contributed by atoms with Crippen LogP contribution in [0.1, 0.15) is 35.8 Å². The summed E-state index contributed by atoms with van der Waals surface area (Å²) in [5.74, 6) is 0.166. The Hall–Kier alpha value is -2.68. The first kappa shape index (κ1) is 14.3. The van der Waals surface area contributed by atoms with Crippen LogP contribution in [0, 0.1) is 0 Å². The standard InChI is InChI=1S/C19H18N2O/c1-13(2)18-12-16(15-10-6-7-11-17(15)21-18)19(22)20-14-8-4-3-5-9-14/h3-13H,1-2H3,(H,20,22). The van der Waals surface area contributed by atoms with Crippen LogP contribution in [0.3, 0.4) is 0 Å². The second kappa shape index (κ2) is 5.98. The zero-order valence-electron chi connectivity index (χ0n) is 12.7. The Morgan fingerprint density at radius 2 is 1.68 bits per heavy atom. The smallest absolute Gasteiger partial charge is 0.256 e. The lowest BCUT2D eigenvalue weighted by molar-refractivity contribution is 0.102. The molecule has 110 valence electrons. The average Bonchev–Trinajstić information content (AvgIpc) is 2.54. The van der Waals surface area contributed by atoms with Crippen molar-refractivity contribution in [1.82, 2.24) is 4.98 Å². The lowest BCUT2D eigenvalue weighted by Crippen LogP contribution is -2.13. The number of fused-ring (bicyclic) bond motifs is 1. The van der Waals surface area contributed by atoms with Crippen molar-refractivity contribution in [3.8, 4) is 0 Å². The zero-order chi connectivity index (χ0) is 15.5. The molecule has 0 bridgehead atoms. The molecule has 0 spiro atoms. The van der Waals surface area contributed by atoms with Gasteiger partial charge in [-0.1, -0.05) is 50.2 Å². The van der Waals surface area contributed by atoms with Gasteiger partial charge in [-0.15, -0.1) is 0 Å². The third-order valence-corrected chi connectivity index (χ3v) is 3.60. The maximum atomic E-state index is 12.7. The topological polar surface area (TPSA) is 42.0 Å². The van der Waals surface area contributed by atoms with Crippen molar-refractivity contribution in [3.63, 3.8) is 0 Å². The van der Waals surface area contributed by atoms with Gasteiger partial charge < -0.3 is 5.32 Å². The molecule has 1 amide bonds. The second-order valence-electron chi connectivity index (χ2n) is 5.59. The Labute approximate surface area is 130 Å². The second-order valence-corrected chi connectivity index (χ2v) is 5.59. The molecule has 1 heterocycles. The average molecular weight is 290 g/mol. The molecule has 0 saturated heterocycles. The van der Waals surface area contributed by atoms with Gasteiger partial charge in [0.15, 0.2) is 0 Å². The maximum Gasteiger partial charge on any atom is 0.256 e. The molecule has 22 heavy (non-hydrogen) atoms. The monoisotopic (exact) mass is 290 g/mol. The number of hydrogen-bond donors (Lipinski definition) is 1. The molecule has 2 aromatic carbocycles. The molecule has 0 aliphatic heterocycles. The van der Waals surface area contributed by atoms with Crippen molar-refractivity contribution in [2.45, 2.75) is 19.8 Å². The Morgan fingerprint density at radius 1 is 1.00 bits per heavy atom. The lowest BCUT2D eigenvalue weighted by atomic mass is 10.0. The van der Waals surface area contributed by atoms with Crippen molar-refractivity contribution in [2.24, 2.45) is 0 Å². The Balaban J connectivity index is 2.06. The van der Waals surface area contributed by atoms with Crippen molar-refractivity contribution in [1.29, 1.82) is 0 Å². The molecule has 3 heteroatoms. The molecule has 3 nitrogen and oxygen atoms in total. The van der Waals surface area contributed by atoms with Gasteiger partial charge in [-0.2, -0.15) is 0 Å². The number of anilines is 1. The number of carbonyl (C=O) groups excluding carboxylic acids is 1. The van der Waals surface area contributed by atoms with Crippen LogP contribution in [0.4, 0.5) is 5.69 Å². The van der Waals surface area contributed by atoms with E-state index in [-0.39, 0.29) is 11.8 Å². The van der Waals surface area contributed by atoms with E-state index in [4.69, 9.17) is 0 Å². The number of aromatic nitrogens is 1. The van der Waals surface area contributed by atoms with Gasteiger partial charge in [-0.25, -0.2) is 0 Å². The molecule has 0 fully saturated rings. The first-order valence-corrected chi connectivity index (χ1v) is 7.41. The first-order valence-electron chi connectivity index (χ1n) is 7.41. The van der Waals surface area contributed by atoms with Crippen molar-refractivity contribution < 1.29 is 4.79 Å². The highest BCUT2D eigenvalue weighted by Gasteiger charge is 2.14. The number of amides is 1. The van der Waals surface area contributed by atoms with E-state index in [0.29, 0.717) is 5.56 Å². The molecule has 0 radical (unpaired) electrons. The van der Waals surface area contributed by atoms with E-state index in [1.165, 1.54) is 0 Å². The van der Waals surface area contributed by atoms with Crippen molar-refractivity contribution in [3.05, 3.63) is 71.9 Å². The van der Waals surface area contributed by atoms with Gasteiger partial charge in [0.1, 0.15) is 0 Å². The van der Waals surface area contributed by atoms with E-state index in [1.807, 2.05) is 60.7 Å². The highest BCUT2D eigenvalue weighted by atomic mass is 16.1. The molecule has 0 aliphatic carbocycles. The van der Waals surface area contributed by atoms with Crippen molar-refractivity contribution in [2.75, 3.05) is 5.32 Å². The summed E-state index contributed by atoms with van der Waals surface area (Å²) in [5, 5.41) is 3.83. The molecule has 0 saturated carbocycles. The molecular weight excluding hydrogens is 272 g/mol. The fraction of sp³-hybridized carbons (Fsp3) is 0.158. The summed E-state index contributed by atoms with van der Waals surface area (Å²) in [6.45, 7) is 4.16. The predicted molar refractivity (Wildman–Crippen MR) is 90.2 cm³/mol. The highest BCUT2D eigenvalue weighted by Crippen LogP contribution is 2.23. The van der Waals surface area contributed by atoms with Crippen LogP contribution in [0.2, 0.25) is 0 Å². The lowest BCUT2D eigenvalue weighted by Gasteiger charge is -2.12. The van der Waals surface area contributed by atoms with E-state index in [0.717, 1.165) is 22.3 Å². The number of hydrogen-bond acceptors (Lipinski definition) is 2. The summed E-state index contributed by atoms with van der Waals surface area (Å²) >= 11 is 0. The van der Waals surface area contributed by atoms with Gasteiger partial charge in [-0.3, -0.25) is 9.78 Å². The minimum atomic E-state index is -0.105. The number of para-hydroxylation sites is 2. The van der Waals surface area contributed by atoms with Gasteiger partial charge in [-0.05, 0) is 30.2 Å². The van der Waals surface area contributed by atoms with E-state index < -0.39 is 0 Å². The Morgan fingerprint density at radius 3 is 2.41 bits per heavy atom. The van der Waals surface area contributed by atoms with E-state index in [1.54, 1.807) is 0 Å². The molecule has 0 atom stereocenters. The number of nitrogens with zero attached hydrogens (tertiary/aromatic N) is 1. The molecule has 3 rings (SSSR count). The van der Waals surface area contributed by atoms with Gasteiger partial charge in [0.2, 0.25) is 0 Å². The Kier molecular flexibility index (Phi) is 3.88. The van der Waals surface area contributed by atoms with Gasteiger partial charge >= 0.3 is 0 Å². The molecule has 0 aliphatic rings. The van der Waals surface area contributed by atoms with E-state index in [9.17, 15) is 4.79 Å². The van der Waals surface area contributed by atoms with Crippen LogP contribution in [0.25, 0.3) is 10.9 Å². The SMILES string of the molecule is CC(C)c1cc(C(=O)Nc2ccccc2)c2ccccc2n1. The van der Waals surface area contributed by atoms with E-state index in [2.05, 4.69) is 24.1 Å². The normalized spacial score (nSPS) is 10.9. The quantitative estimate of drug-likeness (QED) is 0.765. The number of benzene rings is 2. The third-order valence-electron chi connectivity index (χ3n) is 3.60. The summed E-state index contributed by atoms with van der Waals surface area (Å²) in [4.78, 5) is 17.3. The fourth-order valence-corrected chi connectivity index (χ4v) is 2.40. The van der Waals surface area contributed by atoms with Gasteiger partial charge in [0.25, 0.3) is 5.91 Å². The van der Waals surface area contributed by atoms with Crippen LogP contribution in [0.15, 0.2) is 60.7 Å². The number of carbonyl (C=O) groups is 1. The summed E-state index contributed by atoms with van der Waals surface area (Å²) in [6, 6.07) is 19.1. The highest BCUT2D eigenvalue weighted by molar-refractivity contribution is 6.12. The van der Waals surface area contributed by atoms with Crippen LogP contribution in [0.5, 0.6) is 0 Å². The van der Waals surface area contributed by atoms with Crippen molar-refractivity contribution >= 4 is 22.5 Å². The van der Waals surface area contributed by atoms with Crippen LogP contribution in [-0.2, 0) is 0 Å². The van der Waals surface area contributed by atoms with Gasteiger partial charge in [0, 0.05) is 16.8 Å². The summed E-state index contributed by atoms with van der Waals surface area (Å²) < 4.78 is 0. The molecule has 1 aromatic heterocycles. The summed E-state index contributed by atoms with van der Waals surface area (Å²) in [6.07, 6.45) is 0. The zero-order valence-corrected chi connectivity index (χ0v) is 12.7. The predicted octanol–water partition coefficient (Wildman–Crippen LogP) is 4.61. The largest absolute Gasteiger partial charge is 0.322 e. The molecule has 1 N–H and O–H groups in total. The molecular formula is C19H18N2O. The number of rotatable bonds is 3. The maximum absolute atomic E-state index is 12.7. The number of nitrogens with one attached hydrogen (secondary N) is 1. The van der Waals surface area contributed by atoms with Crippen LogP contribution >= 0.6 is 0 Å². The summed E-state index contributed by atoms with van der Waals surface area (Å²) in [5.41, 5.74) is 3.24. The van der Waals surface area contributed by atoms with Gasteiger partial charge in [0.05, 0.1) is 11.1 Å².